The molecular weight excluding hydrogens is 289 g/mol. The summed E-state index contributed by atoms with van der Waals surface area (Å²) in [7, 11) is 0. The van der Waals surface area contributed by atoms with Crippen molar-refractivity contribution in [1.82, 2.24) is 4.90 Å². The average molecular weight is 307 g/mol. The van der Waals surface area contributed by atoms with Crippen molar-refractivity contribution >= 4 is 11.6 Å². The van der Waals surface area contributed by atoms with Gasteiger partial charge >= 0.3 is 51.4 Å². The van der Waals surface area contributed by atoms with E-state index >= 15 is 0 Å². The fourth-order valence-electron chi connectivity index (χ4n) is 2.72. The fraction of sp³-hybridized carbons (Fsp3) is 0.438. The third-order valence-corrected chi connectivity index (χ3v) is 4.20. The Kier molecular flexibility index (Phi) is 6.27. The maximum Gasteiger partial charge on any atom is 1.00 e. The summed E-state index contributed by atoms with van der Waals surface area (Å²) >= 11 is 0. The summed E-state index contributed by atoms with van der Waals surface area (Å²) in [5.41, 5.74) is 1.82. The summed E-state index contributed by atoms with van der Waals surface area (Å²) in [6.45, 7) is 3.34. The quantitative estimate of drug-likeness (QED) is 0.511. The van der Waals surface area contributed by atoms with Crippen molar-refractivity contribution in [2.24, 2.45) is 5.92 Å². The van der Waals surface area contributed by atoms with Crippen LogP contribution in [0.25, 0.3) is 0 Å². The minimum atomic E-state index is 0. The Labute approximate surface area is 168 Å². The molecule has 1 aromatic rings. The third-order valence-electron chi connectivity index (χ3n) is 4.20. The summed E-state index contributed by atoms with van der Waals surface area (Å²) in [5.74, 6) is 0.573. The van der Waals surface area contributed by atoms with Gasteiger partial charge in [0.1, 0.15) is 0 Å². The van der Waals surface area contributed by atoms with E-state index in [4.69, 9.17) is 5.26 Å². The number of rotatable bonds is 2. The smallest absolute Gasteiger partial charge is 0.368 e. The Hall–Kier alpha value is -0.384. The topological polar surface area (TPSA) is 47.3 Å². The number of piperazine rings is 1. The van der Waals surface area contributed by atoms with Gasteiger partial charge in [0, 0.05) is 31.9 Å². The Balaban J connectivity index is 0.00000161. The fourth-order valence-corrected chi connectivity index (χ4v) is 2.72. The van der Waals surface area contributed by atoms with Crippen LogP contribution in [0.1, 0.15) is 18.4 Å². The van der Waals surface area contributed by atoms with Gasteiger partial charge < -0.3 is 16.2 Å². The Morgan fingerprint density at radius 2 is 1.76 bits per heavy atom. The molecule has 104 valence electrons. The van der Waals surface area contributed by atoms with Crippen LogP contribution in [0.5, 0.6) is 0 Å². The van der Waals surface area contributed by atoms with Crippen LogP contribution in [0.3, 0.4) is 0 Å². The SMILES string of the molecule is N#Cc1ccc(N2CCN(C(=O)C3C[CH-]C3)CC2)cc1.[K+]. The van der Waals surface area contributed by atoms with Crippen LogP contribution in [-0.2, 0) is 4.79 Å². The Morgan fingerprint density at radius 1 is 1.14 bits per heavy atom. The molecule has 1 aliphatic carbocycles. The summed E-state index contributed by atoms with van der Waals surface area (Å²) < 4.78 is 0. The predicted molar refractivity (Wildman–Crippen MR) is 77.0 cm³/mol. The van der Waals surface area contributed by atoms with Gasteiger partial charge in [-0.2, -0.15) is 18.1 Å². The van der Waals surface area contributed by atoms with Crippen LogP contribution in [-0.4, -0.2) is 37.0 Å². The second-order valence-electron chi connectivity index (χ2n) is 5.43. The van der Waals surface area contributed by atoms with E-state index in [1.54, 1.807) is 0 Å². The molecule has 21 heavy (non-hydrogen) atoms. The van der Waals surface area contributed by atoms with Crippen LogP contribution < -0.4 is 56.3 Å². The molecule has 0 spiro atoms. The van der Waals surface area contributed by atoms with Crippen molar-refractivity contribution in [2.45, 2.75) is 12.8 Å². The largest absolute Gasteiger partial charge is 1.00 e. The number of nitrogens with zero attached hydrogens (tertiary/aromatic N) is 3. The maximum atomic E-state index is 12.2. The van der Waals surface area contributed by atoms with Crippen LogP contribution in [0, 0.1) is 23.7 Å². The molecule has 3 rings (SSSR count). The van der Waals surface area contributed by atoms with Gasteiger partial charge in [0.05, 0.1) is 11.6 Å². The molecule has 1 amide bonds. The van der Waals surface area contributed by atoms with E-state index in [0.717, 1.165) is 44.7 Å². The standard InChI is InChI=1S/C16H18N3O.K/c17-12-13-4-6-15(7-5-13)18-8-10-19(11-9-18)16(20)14-2-1-3-14;/h1,4-7,14H,2-3,8-11H2;/q-1;+1. The number of nitriles is 1. The molecule has 1 heterocycles. The van der Waals surface area contributed by atoms with E-state index in [1.807, 2.05) is 29.2 Å². The van der Waals surface area contributed by atoms with Gasteiger partial charge in [-0.25, -0.2) is 0 Å². The van der Waals surface area contributed by atoms with E-state index in [1.165, 1.54) is 0 Å². The van der Waals surface area contributed by atoms with Crippen molar-refractivity contribution in [1.29, 1.82) is 5.26 Å². The molecular formula is C16H18KN3O. The molecule has 5 heteroatoms. The number of hydrogen-bond acceptors (Lipinski definition) is 3. The van der Waals surface area contributed by atoms with Crippen LogP contribution in [0.15, 0.2) is 24.3 Å². The molecule has 0 atom stereocenters. The minimum absolute atomic E-state index is 0. The van der Waals surface area contributed by atoms with Gasteiger partial charge in [-0.05, 0) is 30.2 Å². The Morgan fingerprint density at radius 3 is 2.24 bits per heavy atom. The molecule has 0 unspecified atom stereocenters. The maximum absolute atomic E-state index is 12.2. The number of benzene rings is 1. The zero-order valence-corrected chi connectivity index (χ0v) is 15.6. The number of hydrogen-bond donors (Lipinski definition) is 0. The number of anilines is 1. The second-order valence-corrected chi connectivity index (χ2v) is 5.43. The van der Waals surface area contributed by atoms with Crippen LogP contribution in [0.2, 0.25) is 0 Å². The minimum Gasteiger partial charge on any atom is -0.368 e. The molecule has 2 fully saturated rings. The van der Waals surface area contributed by atoms with Gasteiger partial charge in [-0.1, -0.05) is 0 Å². The summed E-state index contributed by atoms with van der Waals surface area (Å²) in [4.78, 5) is 16.4. The second kappa shape index (κ2) is 7.75. The molecule has 0 radical (unpaired) electrons. The predicted octanol–water partition coefficient (Wildman–Crippen LogP) is -1.17. The van der Waals surface area contributed by atoms with E-state index in [-0.39, 0.29) is 57.3 Å². The first-order valence-electron chi connectivity index (χ1n) is 7.13. The Bertz CT molecular complexity index is 525. The monoisotopic (exact) mass is 307 g/mol. The number of carbonyl (C=O) groups is 1. The number of amides is 1. The van der Waals surface area contributed by atoms with Crippen molar-refractivity contribution in [3.05, 3.63) is 36.2 Å². The first-order valence-corrected chi connectivity index (χ1v) is 7.13. The van der Waals surface area contributed by atoms with Gasteiger partial charge in [-0.15, -0.1) is 0 Å². The summed E-state index contributed by atoms with van der Waals surface area (Å²) in [5, 5.41) is 8.81. The van der Waals surface area contributed by atoms with Crippen molar-refractivity contribution in [2.75, 3.05) is 31.1 Å². The molecule has 0 N–H and O–H groups in total. The van der Waals surface area contributed by atoms with E-state index in [0.29, 0.717) is 11.5 Å². The zero-order chi connectivity index (χ0) is 13.9. The molecule has 0 aromatic heterocycles. The molecule has 1 saturated heterocycles. The molecule has 1 aromatic carbocycles. The third kappa shape index (κ3) is 3.88. The van der Waals surface area contributed by atoms with Crippen LogP contribution >= 0.6 is 0 Å². The van der Waals surface area contributed by atoms with E-state index in [9.17, 15) is 4.79 Å². The van der Waals surface area contributed by atoms with Crippen LogP contribution in [0.4, 0.5) is 5.69 Å². The van der Waals surface area contributed by atoms with Crippen molar-refractivity contribution in [3.63, 3.8) is 0 Å². The van der Waals surface area contributed by atoms with Crippen molar-refractivity contribution < 1.29 is 56.2 Å². The van der Waals surface area contributed by atoms with E-state index in [2.05, 4.69) is 17.4 Å². The van der Waals surface area contributed by atoms with Gasteiger partial charge in [0.25, 0.3) is 0 Å². The van der Waals surface area contributed by atoms with Gasteiger partial charge in [0.2, 0.25) is 5.91 Å². The molecule has 2 aliphatic rings. The molecule has 0 bridgehead atoms. The van der Waals surface area contributed by atoms with E-state index < -0.39 is 0 Å². The van der Waals surface area contributed by atoms with Crippen molar-refractivity contribution in [3.8, 4) is 6.07 Å². The zero-order valence-electron chi connectivity index (χ0n) is 12.5. The normalized spacial score (nSPS) is 18.4. The molecule has 1 aliphatic heterocycles. The summed E-state index contributed by atoms with van der Waals surface area (Å²) in [6.07, 6.45) is 4.08. The first-order chi connectivity index (χ1) is 9.78. The molecule has 1 saturated carbocycles. The average Bonchev–Trinajstić information content (AvgIpc) is 2.46. The summed E-state index contributed by atoms with van der Waals surface area (Å²) in [6, 6.07) is 9.78. The number of carbonyl (C=O) groups excluding carboxylic acids is 1. The van der Waals surface area contributed by atoms with Gasteiger partial charge in [-0.3, -0.25) is 4.79 Å². The van der Waals surface area contributed by atoms with Gasteiger partial charge in [0.15, 0.2) is 0 Å². The first kappa shape index (κ1) is 17.0. The molecule has 4 nitrogen and oxygen atoms in total.